The van der Waals surface area contributed by atoms with E-state index in [0.717, 1.165) is 34.8 Å². The zero-order valence-electron chi connectivity index (χ0n) is 12.9. The summed E-state index contributed by atoms with van der Waals surface area (Å²) in [5.74, 6) is 0.632. The monoisotopic (exact) mass is 338 g/mol. The molecule has 0 spiro atoms. The van der Waals surface area contributed by atoms with Gasteiger partial charge in [-0.05, 0) is 44.0 Å². The van der Waals surface area contributed by atoms with Crippen LogP contribution in [-0.2, 0) is 5.75 Å². The minimum Gasteiger partial charge on any atom is -0.423 e. The Kier molecular flexibility index (Phi) is 5.91. The maximum atomic E-state index is 11.7. The van der Waals surface area contributed by atoms with Crippen molar-refractivity contribution in [3.8, 4) is 0 Å². The van der Waals surface area contributed by atoms with Gasteiger partial charge in [0.1, 0.15) is 5.58 Å². The summed E-state index contributed by atoms with van der Waals surface area (Å²) in [7, 11) is 0. The van der Waals surface area contributed by atoms with Crippen molar-refractivity contribution in [2.75, 3.05) is 13.1 Å². The Labute approximate surface area is 139 Å². The molecule has 118 valence electrons. The molecule has 1 N–H and O–H groups in total. The Morgan fingerprint density at radius 2 is 2.14 bits per heavy atom. The van der Waals surface area contributed by atoms with Crippen LogP contribution in [0.3, 0.4) is 0 Å². The molecular formula is C16H19ClN2O2S. The predicted octanol–water partition coefficient (Wildman–Crippen LogP) is 3.97. The number of amidine groups is 1. The van der Waals surface area contributed by atoms with Crippen molar-refractivity contribution >= 4 is 39.5 Å². The second-order valence-corrected chi connectivity index (χ2v) is 6.16. The van der Waals surface area contributed by atoms with Gasteiger partial charge in [-0.15, -0.1) is 0 Å². The standard InChI is InChI=1S/C16H19ClN2O2S/c1-4-18-16(19-5-2)22-9-11-7-15(20)21-14-6-10(3)13(17)8-12(11)14/h6-8H,4-5,9H2,1-3H3,(H,18,19). The average molecular weight is 339 g/mol. The number of aryl methyl sites for hydroxylation is 1. The Morgan fingerprint density at radius 1 is 1.36 bits per heavy atom. The molecular weight excluding hydrogens is 320 g/mol. The second kappa shape index (κ2) is 7.70. The third-order valence-electron chi connectivity index (χ3n) is 3.10. The van der Waals surface area contributed by atoms with Crippen LogP contribution < -0.4 is 10.9 Å². The Bertz CT molecular complexity index is 756. The molecule has 0 aliphatic rings. The van der Waals surface area contributed by atoms with Gasteiger partial charge in [0.15, 0.2) is 5.17 Å². The fraction of sp³-hybridized carbons (Fsp3) is 0.375. The first-order valence-electron chi connectivity index (χ1n) is 7.19. The van der Waals surface area contributed by atoms with E-state index in [0.29, 0.717) is 16.4 Å². The molecule has 0 saturated heterocycles. The molecule has 0 unspecified atom stereocenters. The van der Waals surface area contributed by atoms with Gasteiger partial charge in [-0.25, -0.2) is 4.79 Å². The molecule has 1 aromatic heterocycles. The maximum absolute atomic E-state index is 11.7. The quantitative estimate of drug-likeness (QED) is 0.520. The summed E-state index contributed by atoms with van der Waals surface area (Å²) in [6.07, 6.45) is 0. The predicted molar refractivity (Wildman–Crippen MR) is 95.2 cm³/mol. The van der Waals surface area contributed by atoms with E-state index < -0.39 is 0 Å². The van der Waals surface area contributed by atoms with E-state index in [9.17, 15) is 4.79 Å². The summed E-state index contributed by atoms with van der Waals surface area (Å²) in [6.45, 7) is 7.45. The fourth-order valence-electron chi connectivity index (χ4n) is 2.06. The first-order valence-corrected chi connectivity index (χ1v) is 8.55. The van der Waals surface area contributed by atoms with Crippen LogP contribution in [0.15, 0.2) is 32.4 Å². The van der Waals surface area contributed by atoms with Crippen LogP contribution in [0.1, 0.15) is 25.0 Å². The molecule has 22 heavy (non-hydrogen) atoms. The summed E-state index contributed by atoms with van der Waals surface area (Å²) < 4.78 is 5.27. The number of rotatable bonds is 4. The largest absolute Gasteiger partial charge is 0.423 e. The maximum Gasteiger partial charge on any atom is 0.336 e. The number of nitrogens with one attached hydrogen (secondary N) is 1. The van der Waals surface area contributed by atoms with Gasteiger partial charge in [-0.1, -0.05) is 23.4 Å². The lowest BCUT2D eigenvalue weighted by Gasteiger charge is -2.09. The minimum atomic E-state index is -0.345. The highest BCUT2D eigenvalue weighted by Crippen LogP contribution is 2.27. The van der Waals surface area contributed by atoms with Crippen LogP contribution >= 0.6 is 23.4 Å². The molecule has 0 radical (unpaired) electrons. The van der Waals surface area contributed by atoms with E-state index in [1.54, 1.807) is 17.8 Å². The second-order valence-electron chi connectivity index (χ2n) is 4.79. The topological polar surface area (TPSA) is 54.6 Å². The van der Waals surface area contributed by atoms with Gasteiger partial charge in [-0.2, -0.15) is 0 Å². The number of hydrogen-bond donors (Lipinski definition) is 1. The van der Waals surface area contributed by atoms with E-state index in [4.69, 9.17) is 16.0 Å². The molecule has 1 heterocycles. The van der Waals surface area contributed by atoms with Crippen LogP contribution in [0.4, 0.5) is 0 Å². The zero-order chi connectivity index (χ0) is 16.1. The number of benzene rings is 1. The number of aliphatic imine (C=N–C) groups is 1. The van der Waals surface area contributed by atoms with E-state index in [1.807, 2.05) is 26.8 Å². The molecule has 0 aliphatic heterocycles. The van der Waals surface area contributed by atoms with Crippen molar-refractivity contribution in [3.63, 3.8) is 0 Å². The zero-order valence-corrected chi connectivity index (χ0v) is 14.5. The summed E-state index contributed by atoms with van der Waals surface area (Å²) in [5.41, 5.74) is 2.02. The summed E-state index contributed by atoms with van der Waals surface area (Å²) >= 11 is 7.77. The lowest BCUT2D eigenvalue weighted by atomic mass is 10.1. The molecule has 0 aliphatic carbocycles. The summed E-state index contributed by atoms with van der Waals surface area (Å²) in [6, 6.07) is 5.18. The summed E-state index contributed by atoms with van der Waals surface area (Å²) in [4.78, 5) is 16.1. The van der Waals surface area contributed by atoms with Crippen LogP contribution in [0.25, 0.3) is 11.0 Å². The lowest BCUT2D eigenvalue weighted by molar-refractivity contribution is 0.559. The smallest absolute Gasteiger partial charge is 0.336 e. The Hall–Kier alpha value is -1.46. The molecule has 0 bridgehead atoms. The molecule has 6 heteroatoms. The highest BCUT2D eigenvalue weighted by molar-refractivity contribution is 8.13. The van der Waals surface area contributed by atoms with Gasteiger partial charge >= 0.3 is 5.63 Å². The lowest BCUT2D eigenvalue weighted by Crippen LogP contribution is -2.20. The van der Waals surface area contributed by atoms with E-state index in [2.05, 4.69) is 10.3 Å². The first kappa shape index (κ1) is 16.9. The highest BCUT2D eigenvalue weighted by atomic mass is 35.5. The minimum absolute atomic E-state index is 0.345. The van der Waals surface area contributed by atoms with Gasteiger partial charge in [0.2, 0.25) is 0 Å². The molecule has 0 amide bonds. The molecule has 0 atom stereocenters. The number of nitrogens with zero attached hydrogens (tertiary/aromatic N) is 1. The Morgan fingerprint density at radius 3 is 2.82 bits per heavy atom. The summed E-state index contributed by atoms with van der Waals surface area (Å²) in [5, 5.41) is 5.64. The van der Waals surface area contributed by atoms with Crippen molar-refractivity contribution in [1.29, 1.82) is 0 Å². The van der Waals surface area contributed by atoms with Crippen molar-refractivity contribution in [1.82, 2.24) is 5.32 Å². The molecule has 0 fully saturated rings. The van der Waals surface area contributed by atoms with Crippen molar-refractivity contribution < 1.29 is 4.42 Å². The van der Waals surface area contributed by atoms with Gasteiger partial charge in [0.05, 0.1) is 0 Å². The normalized spacial score (nSPS) is 11.9. The molecule has 1 aromatic carbocycles. The molecule has 4 nitrogen and oxygen atoms in total. The third kappa shape index (κ3) is 4.05. The number of halogens is 1. The van der Waals surface area contributed by atoms with Crippen LogP contribution in [0, 0.1) is 6.92 Å². The average Bonchev–Trinajstić information content (AvgIpc) is 2.47. The molecule has 2 rings (SSSR count). The van der Waals surface area contributed by atoms with Crippen LogP contribution in [0.2, 0.25) is 5.02 Å². The van der Waals surface area contributed by atoms with Crippen molar-refractivity contribution in [2.24, 2.45) is 4.99 Å². The Balaban J connectivity index is 2.36. The van der Waals surface area contributed by atoms with Crippen molar-refractivity contribution in [3.05, 3.63) is 44.8 Å². The number of hydrogen-bond acceptors (Lipinski definition) is 4. The van der Waals surface area contributed by atoms with Gasteiger partial charge in [0, 0.05) is 35.3 Å². The van der Waals surface area contributed by atoms with Crippen LogP contribution in [-0.4, -0.2) is 18.3 Å². The van der Waals surface area contributed by atoms with Gasteiger partial charge in [-0.3, -0.25) is 4.99 Å². The van der Waals surface area contributed by atoms with Crippen LogP contribution in [0.5, 0.6) is 0 Å². The number of fused-ring (bicyclic) bond motifs is 1. The van der Waals surface area contributed by atoms with E-state index in [1.165, 1.54) is 6.07 Å². The van der Waals surface area contributed by atoms with Crippen molar-refractivity contribution in [2.45, 2.75) is 26.5 Å². The molecule has 0 saturated carbocycles. The fourth-order valence-corrected chi connectivity index (χ4v) is 3.22. The third-order valence-corrected chi connectivity index (χ3v) is 4.51. The first-order chi connectivity index (χ1) is 10.5. The van der Waals surface area contributed by atoms with E-state index in [-0.39, 0.29) is 5.63 Å². The van der Waals surface area contributed by atoms with Gasteiger partial charge < -0.3 is 9.73 Å². The highest BCUT2D eigenvalue weighted by Gasteiger charge is 2.10. The molecule has 2 aromatic rings. The SMILES string of the molecule is CCN=C(NCC)SCc1cc(=O)oc2cc(C)c(Cl)cc12. The van der Waals surface area contributed by atoms with E-state index >= 15 is 0 Å². The van der Waals surface area contributed by atoms with Gasteiger partial charge in [0.25, 0.3) is 0 Å². The number of thioether (sulfide) groups is 1.